The van der Waals surface area contributed by atoms with Gasteiger partial charge in [0.1, 0.15) is 0 Å². The lowest BCUT2D eigenvalue weighted by atomic mass is 10.0. The maximum atomic E-state index is 5.74. The molecular weight excluding hydrogens is 226 g/mol. The summed E-state index contributed by atoms with van der Waals surface area (Å²) in [6.45, 7) is 0.711. The van der Waals surface area contributed by atoms with Gasteiger partial charge in [0, 0.05) is 5.56 Å². The summed E-state index contributed by atoms with van der Waals surface area (Å²) in [5.41, 5.74) is 8.34. The molecule has 0 saturated carbocycles. The lowest BCUT2D eigenvalue weighted by Crippen LogP contribution is -2.09. The van der Waals surface area contributed by atoms with E-state index >= 15 is 0 Å². The highest BCUT2D eigenvalue weighted by molar-refractivity contribution is 5.85. The maximum absolute atomic E-state index is 5.74. The second-order valence-electron chi connectivity index (χ2n) is 3.84. The Labute approximate surface area is 102 Å². The summed E-state index contributed by atoms with van der Waals surface area (Å²) in [7, 11) is 3.35. The molecule has 0 spiro atoms. The number of hydrogen-bond acceptors (Lipinski definition) is 3. The minimum Gasteiger partial charge on any atom is -0.493 e. The molecular formula is C12H18ClNO2. The third-order valence-electron chi connectivity index (χ3n) is 3.15. The van der Waals surface area contributed by atoms with Crippen LogP contribution in [0.15, 0.2) is 12.1 Å². The average molecular weight is 244 g/mol. The van der Waals surface area contributed by atoms with Gasteiger partial charge in [-0.05, 0) is 36.9 Å². The standard InChI is InChI=1S/C12H17NO2.ClH/c1-14-11-6-5-9-8(7-13)3-4-10(9)12(11)15-2;/h5-6,8H,3-4,7,13H2,1-2H3;1H. The topological polar surface area (TPSA) is 44.5 Å². The first-order valence-electron chi connectivity index (χ1n) is 5.25. The van der Waals surface area contributed by atoms with Crippen molar-refractivity contribution in [3.05, 3.63) is 23.3 Å². The lowest BCUT2D eigenvalue weighted by Gasteiger charge is -2.13. The summed E-state index contributed by atoms with van der Waals surface area (Å²) in [4.78, 5) is 0. The average Bonchev–Trinajstić information content (AvgIpc) is 2.70. The van der Waals surface area contributed by atoms with E-state index in [4.69, 9.17) is 15.2 Å². The van der Waals surface area contributed by atoms with Gasteiger partial charge in [-0.25, -0.2) is 0 Å². The van der Waals surface area contributed by atoms with Gasteiger partial charge < -0.3 is 15.2 Å². The van der Waals surface area contributed by atoms with Crippen LogP contribution >= 0.6 is 12.4 Å². The van der Waals surface area contributed by atoms with Crippen molar-refractivity contribution in [1.29, 1.82) is 0 Å². The third kappa shape index (κ3) is 1.97. The van der Waals surface area contributed by atoms with E-state index in [1.807, 2.05) is 6.07 Å². The Morgan fingerprint density at radius 3 is 2.62 bits per heavy atom. The van der Waals surface area contributed by atoms with Crippen LogP contribution < -0.4 is 15.2 Å². The molecule has 1 atom stereocenters. The van der Waals surface area contributed by atoms with Gasteiger partial charge in [-0.15, -0.1) is 12.4 Å². The van der Waals surface area contributed by atoms with Gasteiger partial charge in [0.05, 0.1) is 14.2 Å². The van der Waals surface area contributed by atoms with Gasteiger partial charge in [-0.1, -0.05) is 6.07 Å². The molecule has 1 unspecified atom stereocenters. The Hall–Kier alpha value is -0.930. The van der Waals surface area contributed by atoms with E-state index in [0.29, 0.717) is 12.5 Å². The summed E-state index contributed by atoms with van der Waals surface area (Å²) in [5.74, 6) is 2.18. The zero-order chi connectivity index (χ0) is 10.8. The van der Waals surface area contributed by atoms with Crippen molar-refractivity contribution < 1.29 is 9.47 Å². The minimum atomic E-state index is 0. The SMILES string of the molecule is COc1ccc2c(c1OC)CCC2CN.Cl. The van der Waals surface area contributed by atoms with Crippen molar-refractivity contribution in [2.75, 3.05) is 20.8 Å². The molecule has 1 aromatic carbocycles. The van der Waals surface area contributed by atoms with E-state index in [1.165, 1.54) is 11.1 Å². The van der Waals surface area contributed by atoms with Gasteiger partial charge in [0.25, 0.3) is 0 Å². The predicted molar refractivity (Wildman–Crippen MR) is 66.9 cm³/mol. The van der Waals surface area contributed by atoms with E-state index in [9.17, 15) is 0 Å². The lowest BCUT2D eigenvalue weighted by molar-refractivity contribution is 0.352. The predicted octanol–water partition coefficient (Wildman–Crippen LogP) is 2.11. The number of hydrogen-bond donors (Lipinski definition) is 1. The second-order valence-corrected chi connectivity index (χ2v) is 3.84. The maximum Gasteiger partial charge on any atom is 0.164 e. The summed E-state index contributed by atoms with van der Waals surface area (Å²) >= 11 is 0. The molecule has 0 saturated heterocycles. The molecule has 0 bridgehead atoms. The monoisotopic (exact) mass is 243 g/mol. The number of ether oxygens (including phenoxy) is 2. The van der Waals surface area contributed by atoms with Crippen LogP contribution in [0.5, 0.6) is 11.5 Å². The largest absolute Gasteiger partial charge is 0.493 e. The summed E-state index contributed by atoms with van der Waals surface area (Å²) < 4.78 is 10.7. The number of rotatable bonds is 3. The molecule has 0 radical (unpaired) electrons. The Bertz CT molecular complexity index is 368. The van der Waals surface area contributed by atoms with Crippen LogP contribution in [-0.2, 0) is 6.42 Å². The molecule has 1 aliphatic rings. The van der Waals surface area contributed by atoms with Crippen LogP contribution in [0.1, 0.15) is 23.5 Å². The fourth-order valence-electron chi connectivity index (χ4n) is 2.37. The van der Waals surface area contributed by atoms with Crippen LogP contribution in [0.2, 0.25) is 0 Å². The van der Waals surface area contributed by atoms with Crippen LogP contribution in [0.25, 0.3) is 0 Å². The Kier molecular flexibility index (Phi) is 4.44. The smallest absolute Gasteiger partial charge is 0.164 e. The summed E-state index contributed by atoms with van der Waals surface area (Å²) in [5, 5.41) is 0. The molecule has 90 valence electrons. The number of fused-ring (bicyclic) bond motifs is 1. The van der Waals surface area contributed by atoms with E-state index in [2.05, 4.69) is 6.07 Å². The fourth-order valence-corrected chi connectivity index (χ4v) is 2.37. The zero-order valence-corrected chi connectivity index (χ0v) is 10.5. The van der Waals surface area contributed by atoms with Gasteiger partial charge in [-0.2, -0.15) is 0 Å². The molecule has 4 heteroatoms. The molecule has 0 heterocycles. The first-order valence-corrected chi connectivity index (χ1v) is 5.25. The molecule has 1 aromatic rings. The van der Waals surface area contributed by atoms with Gasteiger partial charge >= 0.3 is 0 Å². The molecule has 1 aliphatic carbocycles. The summed E-state index contributed by atoms with van der Waals surface area (Å²) in [6.07, 6.45) is 2.16. The number of nitrogens with two attached hydrogens (primary N) is 1. The van der Waals surface area contributed by atoms with Crippen molar-refractivity contribution in [3.8, 4) is 11.5 Å². The highest BCUT2D eigenvalue weighted by atomic mass is 35.5. The Morgan fingerprint density at radius 1 is 1.31 bits per heavy atom. The number of halogens is 1. The van der Waals surface area contributed by atoms with E-state index in [1.54, 1.807) is 14.2 Å². The molecule has 3 nitrogen and oxygen atoms in total. The normalized spacial score (nSPS) is 17.6. The van der Waals surface area contributed by atoms with Crippen molar-refractivity contribution in [3.63, 3.8) is 0 Å². The molecule has 0 aromatic heterocycles. The van der Waals surface area contributed by atoms with E-state index in [-0.39, 0.29) is 12.4 Å². The van der Waals surface area contributed by atoms with Crippen LogP contribution in [-0.4, -0.2) is 20.8 Å². The third-order valence-corrected chi connectivity index (χ3v) is 3.15. The molecule has 2 N–H and O–H groups in total. The van der Waals surface area contributed by atoms with Gasteiger partial charge in [-0.3, -0.25) is 0 Å². The second kappa shape index (κ2) is 5.41. The highest BCUT2D eigenvalue weighted by Crippen LogP contribution is 2.42. The Morgan fingerprint density at radius 2 is 2.06 bits per heavy atom. The van der Waals surface area contributed by atoms with Crippen molar-refractivity contribution >= 4 is 12.4 Å². The van der Waals surface area contributed by atoms with Gasteiger partial charge in [0.2, 0.25) is 0 Å². The number of benzene rings is 1. The molecule has 2 rings (SSSR count). The molecule has 0 aliphatic heterocycles. The first-order chi connectivity index (χ1) is 7.31. The molecule has 0 amide bonds. The van der Waals surface area contributed by atoms with Crippen LogP contribution in [0, 0.1) is 0 Å². The van der Waals surface area contributed by atoms with Crippen LogP contribution in [0.4, 0.5) is 0 Å². The van der Waals surface area contributed by atoms with Crippen molar-refractivity contribution in [1.82, 2.24) is 0 Å². The fraction of sp³-hybridized carbons (Fsp3) is 0.500. The highest BCUT2D eigenvalue weighted by Gasteiger charge is 2.26. The van der Waals surface area contributed by atoms with Crippen molar-refractivity contribution in [2.45, 2.75) is 18.8 Å². The molecule has 0 fully saturated rings. The minimum absolute atomic E-state index is 0. The zero-order valence-electron chi connectivity index (χ0n) is 9.66. The number of methoxy groups -OCH3 is 2. The molecule has 16 heavy (non-hydrogen) atoms. The first kappa shape index (κ1) is 13.1. The van der Waals surface area contributed by atoms with Crippen molar-refractivity contribution in [2.24, 2.45) is 5.73 Å². The quantitative estimate of drug-likeness (QED) is 0.885. The van der Waals surface area contributed by atoms with E-state index in [0.717, 1.165) is 24.3 Å². The van der Waals surface area contributed by atoms with E-state index < -0.39 is 0 Å². The Balaban J connectivity index is 0.00000128. The van der Waals surface area contributed by atoms with Gasteiger partial charge in [0.15, 0.2) is 11.5 Å². The summed E-state index contributed by atoms with van der Waals surface area (Å²) in [6, 6.07) is 4.08. The van der Waals surface area contributed by atoms with Crippen LogP contribution in [0.3, 0.4) is 0 Å².